The Morgan fingerprint density at radius 1 is 1.20 bits per heavy atom. The first-order valence-corrected chi connectivity index (χ1v) is 6.64. The van der Waals surface area contributed by atoms with Gasteiger partial charge in [-0.3, -0.25) is 0 Å². The number of nitrogens with two attached hydrogens (primary N) is 1. The topological polar surface area (TPSA) is 52.3 Å². The lowest BCUT2D eigenvalue weighted by Crippen LogP contribution is -2.08. The van der Waals surface area contributed by atoms with Gasteiger partial charge in [-0.2, -0.15) is 0 Å². The Hall–Kier alpha value is -2.00. The Balaban J connectivity index is 2.13. The standard InChI is InChI=1S/C16H16ClNO2/c1-10-4-3-5-11(2)14(10)9-20-16(19)13-7-6-12(18)8-15(13)17/h3-8H,9,18H2,1-2H3. The molecule has 2 aromatic carbocycles. The van der Waals surface area contributed by atoms with Crippen molar-refractivity contribution in [1.29, 1.82) is 0 Å². The number of aryl methyl sites for hydroxylation is 2. The summed E-state index contributed by atoms with van der Waals surface area (Å²) < 4.78 is 5.33. The molecule has 0 aliphatic carbocycles. The van der Waals surface area contributed by atoms with Crippen LogP contribution in [0.3, 0.4) is 0 Å². The Morgan fingerprint density at radius 2 is 1.85 bits per heavy atom. The molecule has 0 heterocycles. The summed E-state index contributed by atoms with van der Waals surface area (Å²) in [4.78, 5) is 12.0. The van der Waals surface area contributed by atoms with Crippen molar-refractivity contribution in [2.45, 2.75) is 20.5 Å². The van der Waals surface area contributed by atoms with Crippen molar-refractivity contribution in [2.75, 3.05) is 5.73 Å². The minimum atomic E-state index is -0.447. The number of benzene rings is 2. The molecule has 0 amide bonds. The van der Waals surface area contributed by atoms with Crippen molar-refractivity contribution in [1.82, 2.24) is 0 Å². The molecular weight excluding hydrogens is 274 g/mol. The molecule has 0 aromatic heterocycles. The van der Waals surface area contributed by atoms with Crippen LogP contribution in [0.4, 0.5) is 5.69 Å². The maximum absolute atomic E-state index is 12.0. The van der Waals surface area contributed by atoms with Crippen LogP contribution in [-0.4, -0.2) is 5.97 Å². The molecule has 0 aliphatic rings. The first kappa shape index (κ1) is 14.4. The summed E-state index contributed by atoms with van der Waals surface area (Å²) in [7, 11) is 0. The van der Waals surface area contributed by atoms with Crippen molar-refractivity contribution in [3.63, 3.8) is 0 Å². The molecule has 0 unspecified atom stereocenters. The quantitative estimate of drug-likeness (QED) is 0.689. The predicted octanol–water partition coefficient (Wildman–Crippen LogP) is 3.90. The Labute approximate surface area is 123 Å². The fourth-order valence-corrected chi connectivity index (χ4v) is 2.26. The summed E-state index contributed by atoms with van der Waals surface area (Å²) in [6.07, 6.45) is 0. The molecular formula is C16H16ClNO2. The maximum Gasteiger partial charge on any atom is 0.339 e. The highest BCUT2D eigenvalue weighted by Gasteiger charge is 2.13. The van der Waals surface area contributed by atoms with Crippen LogP contribution >= 0.6 is 11.6 Å². The first-order chi connectivity index (χ1) is 9.49. The highest BCUT2D eigenvalue weighted by atomic mass is 35.5. The van der Waals surface area contributed by atoms with E-state index in [0.717, 1.165) is 16.7 Å². The summed E-state index contributed by atoms with van der Waals surface area (Å²) in [6, 6.07) is 10.7. The minimum Gasteiger partial charge on any atom is -0.457 e. The normalized spacial score (nSPS) is 10.3. The van der Waals surface area contributed by atoms with E-state index in [1.807, 2.05) is 32.0 Å². The highest BCUT2D eigenvalue weighted by molar-refractivity contribution is 6.33. The zero-order valence-corrected chi connectivity index (χ0v) is 12.2. The van der Waals surface area contributed by atoms with E-state index < -0.39 is 5.97 Å². The van der Waals surface area contributed by atoms with Gasteiger partial charge in [0.15, 0.2) is 0 Å². The Kier molecular flexibility index (Phi) is 4.30. The molecule has 2 rings (SSSR count). The fourth-order valence-electron chi connectivity index (χ4n) is 1.99. The van der Waals surface area contributed by atoms with Gasteiger partial charge in [0.25, 0.3) is 0 Å². The lowest BCUT2D eigenvalue weighted by atomic mass is 10.0. The van der Waals surface area contributed by atoms with Gasteiger partial charge in [0, 0.05) is 5.69 Å². The molecule has 0 atom stereocenters. The van der Waals surface area contributed by atoms with E-state index in [4.69, 9.17) is 22.1 Å². The summed E-state index contributed by atoms with van der Waals surface area (Å²) in [5.74, 6) is -0.447. The lowest BCUT2D eigenvalue weighted by Gasteiger charge is -2.11. The van der Waals surface area contributed by atoms with Crippen LogP contribution in [0.1, 0.15) is 27.0 Å². The van der Waals surface area contributed by atoms with Gasteiger partial charge in [-0.25, -0.2) is 4.79 Å². The summed E-state index contributed by atoms with van der Waals surface area (Å²) in [5.41, 5.74) is 9.65. The molecule has 0 saturated heterocycles. The number of hydrogen-bond donors (Lipinski definition) is 1. The van der Waals surface area contributed by atoms with Crippen molar-refractivity contribution in [2.24, 2.45) is 0 Å². The molecule has 2 aromatic rings. The number of carbonyl (C=O) groups is 1. The molecule has 4 heteroatoms. The Morgan fingerprint density at radius 3 is 2.45 bits per heavy atom. The average Bonchev–Trinajstić information content (AvgIpc) is 2.37. The second kappa shape index (κ2) is 5.97. The average molecular weight is 290 g/mol. The maximum atomic E-state index is 12.0. The summed E-state index contributed by atoms with van der Waals surface area (Å²) >= 11 is 5.99. The third kappa shape index (κ3) is 3.11. The van der Waals surface area contributed by atoms with Crippen molar-refractivity contribution < 1.29 is 9.53 Å². The van der Waals surface area contributed by atoms with Gasteiger partial charge in [-0.1, -0.05) is 29.8 Å². The SMILES string of the molecule is Cc1cccc(C)c1COC(=O)c1ccc(N)cc1Cl. The monoisotopic (exact) mass is 289 g/mol. The van der Waals surface area contributed by atoms with E-state index in [9.17, 15) is 4.79 Å². The number of halogens is 1. The predicted molar refractivity (Wildman–Crippen MR) is 80.9 cm³/mol. The second-order valence-electron chi connectivity index (χ2n) is 4.69. The molecule has 104 valence electrons. The third-order valence-corrected chi connectivity index (χ3v) is 3.52. The largest absolute Gasteiger partial charge is 0.457 e. The van der Waals surface area contributed by atoms with Gasteiger partial charge in [0.05, 0.1) is 10.6 Å². The van der Waals surface area contributed by atoms with E-state index >= 15 is 0 Å². The van der Waals surface area contributed by atoms with Crippen LogP contribution < -0.4 is 5.73 Å². The van der Waals surface area contributed by atoms with Gasteiger partial charge >= 0.3 is 5.97 Å². The van der Waals surface area contributed by atoms with E-state index in [2.05, 4.69) is 0 Å². The summed E-state index contributed by atoms with van der Waals surface area (Å²) in [5, 5.41) is 0.302. The van der Waals surface area contributed by atoms with Gasteiger partial charge < -0.3 is 10.5 Å². The fraction of sp³-hybridized carbons (Fsp3) is 0.188. The number of rotatable bonds is 3. The van der Waals surface area contributed by atoms with Crippen LogP contribution in [0.25, 0.3) is 0 Å². The molecule has 0 fully saturated rings. The van der Waals surface area contributed by atoms with Gasteiger partial charge in [0.1, 0.15) is 6.61 Å². The number of anilines is 1. The first-order valence-electron chi connectivity index (χ1n) is 6.26. The van der Waals surface area contributed by atoms with Crippen molar-refractivity contribution in [3.8, 4) is 0 Å². The number of carbonyl (C=O) groups excluding carboxylic acids is 1. The molecule has 0 radical (unpaired) electrons. The van der Waals surface area contributed by atoms with Crippen LogP contribution in [0.2, 0.25) is 5.02 Å². The van der Waals surface area contributed by atoms with Gasteiger partial charge in [-0.15, -0.1) is 0 Å². The molecule has 3 nitrogen and oxygen atoms in total. The molecule has 2 N–H and O–H groups in total. The van der Waals surface area contributed by atoms with E-state index in [1.165, 1.54) is 6.07 Å². The Bertz CT molecular complexity index is 633. The minimum absolute atomic E-state index is 0.234. The smallest absolute Gasteiger partial charge is 0.339 e. The van der Waals surface area contributed by atoms with Crippen LogP contribution in [0, 0.1) is 13.8 Å². The molecule has 0 aliphatic heterocycles. The zero-order valence-electron chi connectivity index (χ0n) is 11.4. The molecule has 0 spiro atoms. The van der Waals surface area contributed by atoms with Gasteiger partial charge in [0.2, 0.25) is 0 Å². The number of hydrogen-bond acceptors (Lipinski definition) is 3. The van der Waals surface area contributed by atoms with Crippen LogP contribution in [0.15, 0.2) is 36.4 Å². The van der Waals surface area contributed by atoms with Crippen LogP contribution in [-0.2, 0) is 11.3 Å². The zero-order chi connectivity index (χ0) is 14.7. The van der Waals surface area contributed by atoms with Crippen LogP contribution in [0.5, 0.6) is 0 Å². The molecule has 20 heavy (non-hydrogen) atoms. The van der Waals surface area contributed by atoms with Crippen molar-refractivity contribution >= 4 is 23.3 Å². The molecule has 0 bridgehead atoms. The van der Waals surface area contributed by atoms with E-state index in [0.29, 0.717) is 16.3 Å². The van der Waals surface area contributed by atoms with Crippen molar-refractivity contribution in [3.05, 3.63) is 63.7 Å². The van der Waals surface area contributed by atoms with E-state index in [-0.39, 0.29) is 6.61 Å². The third-order valence-electron chi connectivity index (χ3n) is 3.21. The molecule has 0 saturated carbocycles. The number of esters is 1. The van der Waals surface area contributed by atoms with Gasteiger partial charge in [-0.05, 0) is 48.7 Å². The second-order valence-corrected chi connectivity index (χ2v) is 5.09. The highest BCUT2D eigenvalue weighted by Crippen LogP contribution is 2.21. The summed E-state index contributed by atoms with van der Waals surface area (Å²) in [6.45, 7) is 4.22. The van der Waals surface area contributed by atoms with E-state index in [1.54, 1.807) is 12.1 Å². The number of ether oxygens (including phenoxy) is 1. The number of nitrogen functional groups attached to an aromatic ring is 1. The lowest BCUT2D eigenvalue weighted by molar-refractivity contribution is 0.0472.